The van der Waals surface area contributed by atoms with Crippen molar-refractivity contribution in [2.45, 2.75) is 10.9 Å². The van der Waals surface area contributed by atoms with E-state index in [9.17, 15) is 18.0 Å². The van der Waals surface area contributed by atoms with Gasteiger partial charge in [0.15, 0.2) is 21.3 Å². The summed E-state index contributed by atoms with van der Waals surface area (Å²) in [5.74, 6) is -0.845. The number of carbonyl (C=O) groups excluding carboxylic acids is 2. The molecule has 1 heterocycles. The predicted molar refractivity (Wildman–Crippen MR) is 117 cm³/mol. The minimum Gasteiger partial charge on any atom is -0.493 e. The third kappa shape index (κ3) is 4.81. The van der Waals surface area contributed by atoms with Crippen molar-refractivity contribution in [3.8, 4) is 11.5 Å². The van der Waals surface area contributed by atoms with Crippen LogP contribution in [0.2, 0.25) is 5.02 Å². The summed E-state index contributed by atoms with van der Waals surface area (Å²) < 4.78 is 41.5. The summed E-state index contributed by atoms with van der Waals surface area (Å²) in [7, 11) is -0.00465. The normalized spacial score (nSPS) is 16.1. The molecule has 170 valence electrons. The Morgan fingerprint density at radius 1 is 1.03 bits per heavy atom. The minimum atomic E-state index is -3.99. The summed E-state index contributed by atoms with van der Waals surface area (Å²) in [6.45, 7) is 0. The summed E-state index contributed by atoms with van der Waals surface area (Å²) in [6, 6.07) is 8.99. The average molecular weight is 481 g/mol. The van der Waals surface area contributed by atoms with E-state index in [-0.39, 0.29) is 21.9 Å². The molecule has 1 aliphatic rings. The molecular weight excluding hydrogens is 460 g/mol. The van der Waals surface area contributed by atoms with Gasteiger partial charge < -0.3 is 24.8 Å². The lowest BCUT2D eigenvalue weighted by atomic mass is 9.95. The maximum absolute atomic E-state index is 13.1. The summed E-state index contributed by atoms with van der Waals surface area (Å²) in [5, 5.41) is 5.53. The number of halogens is 1. The molecule has 1 atom stereocenters. The molecular formula is C21H21ClN2O7S. The molecule has 0 spiro atoms. The maximum Gasteiger partial charge on any atom is 0.338 e. The van der Waals surface area contributed by atoms with Crippen molar-refractivity contribution in [2.24, 2.45) is 0 Å². The van der Waals surface area contributed by atoms with Gasteiger partial charge in [0.2, 0.25) is 0 Å². The average Bonchev–Trinajstić information content (AvgIpc) is 2.77. The Morgan fingerprint density at radius 2 is 1.69 bits per heavy atom. The predicted octanol–water partition coefficient (Wildman–Crippen LogP) is 2.61. The highest BCUT2D eigenvalue weighted by Gasteiger charge is 2.35. The fraction of sp³-hybridized carbons (Fsp3) is 0.238. The monoisotopic (exact) mass is 480 g/mol. The van der Waals surface area contributed by atoms with Gasteiger partial charge in [-0.2, -0.15) is 0 Å². The Hall–Kier alpha value is -3.24. The van der Waals surface area contributed by atoms with E-state index in [1.807, 2.05) is 0 Å². The molecule has 3 rings (SSSR count). The van der Waals surface area contributed by atoms with E-state index < -0.39 is 33.6 Å². The first kappa shape index (κ1) is 23.4. The number of hydrogen-bond donors (Lipinski definition) is 2. The van der Waals surface area contributed by atoms with Gasteiger partial charge in [0.1, 0.15) is 0 Å². The van der Waals surface area contributed by atoms with Crippen LogP contribution in [0.15, 0.2) is 58.6 Å². The van der Waals surface area contributed by atoms with E-state index in [2.05, 4.69) is 10.6 Å². The first-order valence-electron chi connectivity index (χ1n) is 9.29. The van der Waals surface area contributed by atoms with Crippen LogP contribution in [0.1, 0.15) is 11.6 Å². The molecule has 32 heavy (non-hydrogen) atoms. The van der Waals surface area contributed by atoms with E-state index >= 15 is 0 Å². The van der Waals surface area contributed by atoms with Gasteiger partial charge in [-0.15, -0.1) is 0 Å². The number of benzene rings is 2. The number of methoxy groups -OCH3 is 3. The Kier molecular flexibility index (Phi) is 6.95. The van der Waals surface area contributed by atoms with E-state index in [1.54, 1.807) is 24.3 Å². The van der Waals surface area contributed by atoms with Crippen LogP contribution in [0, 0.1) is 0 Å². The lowest BCUT2D eigenvalue weighted by Gasteiger charge is -2.29. The van der Waals surface area contributed by atoms with Gasteiger partial charge >= 0.3 is 12.0 Å². The Balaban J connectivity index is 2.08. The van der Waals surface area contributed by atoms with Crippen LogP contribution >= 0.6 is 11.6 Å². The second-order valence-electron chi connectivity index (χ2n) is 6.74. The standard InChI is InChI=1S/C21H21ClN2O7S/c1-29-16-9-8-14(10-17(16)30-2)32(27,28)11-15-18(20(25)31-3)19(24-21(26)23-15)12-4-6-13(22)7-5-12/h4-10,19H,11H2,1-3H3,(H2,23,24,26)/t19-/m1/s1. The first-order chi connectivity index (χ1) is 15.2. The molecule has 0 bridgehead atoms. The molecule has 2 N–H and O–H groups in total. The minimum absolute atomic E-state index is 0.0292. The SMILES string of the molecule is COC(=O)C1=C(CS(=O)(=O)c2ccc(OC)c(OC)c2)NC(=O)N[C@@H]1c1ccc(Cl)cc1. The molecule has 9 nitrogen and oxygen atoms in total. The van der Waals surface area contributed by atoms with Crippen LogP contribution in [0.25, 0.3) is 0 Å². The first-order valence-corrected chi connectivity index (χ1v) is 11.3. The Morgan fingerprint density at radius 3 is 2.28 bits per heavy atom. The molecule has 1 aliphatic heterocycles. The lowest BCUT2D eigenvalue weighted by Crippen LogP contribution is -2.47. The number of amides is 2. The molecule has 0 unspecified atom stereocenters. The van der Waals surface area contributed by atoms with Gasteiger partial charge in [-0.3, -0.25) is 0 Å². The second-order valence-corrected chi connectivity index (χ2v) is 9.17. The molecule has 0 saturated carbocycles. The number of urea groups is 1. The van der Waals surface area contributed by atoms with Crippen molar-refractivity contribution in [1.82, 2.24) is 10.6 Å². The quantitative estimate of drug-likeness (QED) is 0.584. The summed E-state index contributed by atoms with van der Waals surface area (Å²) in [5.41, 5.74) is 0.416. The zero-order chi connectivity index (χ0) is 23.5. The zero-order valence-electron chi connectivity index (χ0n) is 17.5. The number of ether oxygens (including phenoxy) is 3. The van der Waals surface area contributed by atoms with E-state index in [1.165, 1.54) is 39.5 Å². The molecule has 0 fully saturated rings. The topological polar surface area (TPSA) is 120 Å². The van der Waals surface area contributed by atoms with Crippen molar-refractivity contribution >= 4 is 33.4 Å². The molecule has 2 amide bonds. The van der Waals surface area contributed by atoms with Crippen LogP contribution in [-0.4, -0.2) is 47.5 Å². The van der Waals surface area contributed by atoms with Gasteiger partial charge in [-0.1, -0.05) is 23.7 Å². The highest BCUT2D eigenvalue weighted by atomic mass is 35.5. The maximum atomic E-state index is 13.1. The number of sulfone groups is 1. The summed E-state index contributed by atoms with van der Waals surface area (Å²) >= 11 is 5.93. The van der Waals surface area contributed by atoms with Crippen LogP contribution in [0.4, 0.5) is 4.79 Å². The van der Waals surface area contributed by atoms with Crippen LogP contribution in [0.5, 0.6) is 11.5 Å². The Labute approximate surface area is 190 Å². The number of nitrogens with one attached hydrogen (secondary N) is 2. The second kappa shape index (κ2) is 9.49. The van der Waals surface area contributed by atoms with Gasteiger partial charge in [0, 0.05) is 16.8 Å². The molecule has 11 heteroatoms. The smallest absolute Gasteiger partial charge is 0.338 e. The van der Waals surface area contributed by atoms with Gasteiger partial charge in [-0.25, -0.2) is 18.0 Å². The highest BCUT2D eigenvalue weighted by Crippen LogP contribution is 2.32. The van der Waals surface area contributed by atoms with E-state index in [0.29, 0.717) is 16.3 Å². The number of rotatable bonds is 7. The number of esters is 1. The van der Waals surface area contributed by atoms with Gasteiger partial charge in [0.25, 0.3) is 0 Å². The molecule has 0 radical (unpaired) electrons. The fourth-order valence-electron chi connectivity index (χ4n) is 3.27. The van der Waals surface area contributed by atoms with Crippen LogP contribution in [-0.2, 0) is 19.4 Å². The third-order valence-corrected chi connectivity index (χ3v) is 6.70. The third-order valence-electron chi connectivity index (χ3n) is 4.81. The van der Waals surface area contributed by atoms with Crippen molar-refractivity contribution in [1.29, 1.82) is 0 Å². The van der Waals surface area contributed by atoms with Crippen molar-refractivity contribution in [2.75, 3.05) is 27.1 Å². The fourth-order valence-corrected chi connectivity index (χ4v) is 4.73. The molecule has 2 aromatic rings. The molecule has 0 aromatic heterocycles. The van der Waals surface area contributed by atoms with E-state index in [0.717, 1.165) is 0 Å². The largest absolute Gasteiger partial charge is 0.493 e. The molecule has 0 saturated heterocycles. The zero-order valence-corrected chi connectivity index (χ0v) is 19.0. The highest BCUT2D eigenvalue weighted by molar-refractivity contribution is 7.91. The van der Waals surface area contributed by atoms with E-state index in [4.69, 9.17) is 25.8 Å². The molecule has 2 aromatic carbocycles. The van der Waals surface area contributed by atoms with Crippen molar-refractivity contribution in [3.05, 3.63) is 64.3 Å². The number of carbonyl (C=O) groups is 2. The van der Waals surface area contributed by atoms with Crippen molar-refractivity contribution < 1.29 is 32.2 Å². The van der Waals surface area contributed by atoms with Crippen LogP contribution < -0.4 is 20.1 Å². The van der Waals surface area contributed by atoms with Gasteiger partial charge in [0.05, 0.1) is 43.6 Å². The lowest BCUT2D eigenvalue weighted by molar-refractivity contribution is -0.136. The van der Waals surface area contributed by atoms with Crippen LogP contribution in [0.3, 0.4) is 0 Å². The summed E-state index contributed by atoms with van der Waals surface area (Å²) in [4.78, 5) is 24.9. The number of hydrogen-bond acceptors (Lipinski definition) is 7. The van der Waals surface area contributed by atoms with Crippen molar-refractivity contribution in [3.63, 3.8) is 0 Å². The summed E-state index contributed by atoms with van der Waals surface area (Å²) in [6.07, 6.45) is 0. The Bertz CT molecular complexity index is 1180. The molecule has 0 aliphatic carbocycles. The van der Waals surface area contributed by atoms with Gasteiger partial charge in [-0.05, 0) is 29.8 Å².